The Hall–Kier alpha value is -2.40. The Bertz CT molecular complexity index is 969. The molecule has 0 bridgehead atoms. The number of methoxy groups -OCH3 is 1. The fraction of sp³-hybridized carbons (Fsp3) is 0.400. The molecule has 1 atom stereocenters. The van der Waals surface area contributed by atoms with Gasteiger partial charge in [0.25, 0.3) is 0 Å². The largest absolute Gasteiger partial charge is 0.383 e. The van der Waals surface area contributed by atoms with E-state index in [1.165, 1.54) is 0 Å². The zero-order valence-corrected chi connectivity index (χ0v) is 15.5. The van der Waals surface area contributed by atoms with Crippen LogP contribution in [-0.2, 0) is 11.2 Å². The molecular weight excluding hydrogens is 314 g/mol. The van der Waals surface area contributed by atoms with Crippen LogP contribution in [0.4, 0.5) is 0 Å². The molecule has 0 unspecified atom stereocenters. The molecule has 0 saturated heterocycles. The van der Waals surface area contributed by atoms with Gasteiger partial charge in [-0.2, -0.15) is 0 Å². The molecule has 5 heteroatoms. The molecule has 0 spiro atoms. The molecular formula is C20H25N3O2. The van der Waals surface area contributed by atoms with Gasteiger partial charge in [0.15, 0.2) is 0 Å². The van der Waals surface area contributed by atoms with Crippen LogP contribution in [0.15, 0.2) is 29.2 Å². The van der Waals surface area contributed by atoms with Gasteiger partial charge in [-0.3, -0.25) is 4.79 Å². The Balaban J connectivity index is 2.21. The molecule has 1 N–H and O–H groups in total. The Morgan fingerprint density at radius 1 is 1.28 bits per heavy atom. The SMILES string of the molecule is CCc1[nH]c(=O)ccc1-c1nc2c(C)cn([C@@H](C)COC)c2cc1C. The van der Waals surface area contributed by atoms with Gasteiger partial charge in [-0.15, -0.1) is 0 Å². The molecule has 0 fully saturated rings. The third kappa shape index (κ3) is 3.12. The average Bonchev–Trinajstić information content (AvgIpc) is 2.90. The fourth-order valence-corrected chi connectivity index (χ4v) is 3.40. The van der Waals surface area contributed by atoms with Crippen LogP contribution in [-0.4, -0.2) is 28.3 Å². The maximum atomic E-state index is 11.6. The van der Waals surface area contributed by atoms with Crippen LogP contribution in [0.1, 0.15) is 36.7 Å². The number of aromatic nitrogens is 3. The summed E-state index contributed by atoms with van der Waals surface area (Å²) in [5.41, 5.74) is 7.13. The molecule has 0 radical (unpaired) electrons. The van der Waals surface area contributed by atoms with Gasteiger partial charge in [-0.1, -0.05) is 6.92 Å². The zero-order valence-electron chi connectivity index (χ0n) is 15.5. The first-order valence-corrected chi connectivity index (χ1v) is 8.66. The highest BCUT2D eigenvalue weighted by atomic mass is 16.5. The van der Waals surface area contributed by atoms with E-state index in [-0.39, 0.29) is 11.6 Å². The molecule has 3 rings (SSSR count). The predicted molar refractivity (Wildman–Crippen MR) is 101 cm³/mol. The van der Waals surface area contributed by atoms with E-state index in [4.69, 9.17) is 9.72 Å². The normalized spacial score (nSPS) is 12.7. The van der Waals surface area contributed by atoms with Crippen LogP contribution in [0, 0.1) is 13.8 Å². The number of aromatic amines is 1. The topological polar surface area (TPSA) is 59.9 Å². The minimum Gasteiger partial charge on any atom is -0.383 e. The van der Waals surface area contributed by atoms with E-state index in [1.807, 2.05) is 13.0 Å². The summed E-state index contributed by atoms with van der Waals surface area (Å²) in [7, 11) is 1.72. The van der Waals surface area contributed by atoms with Crippen molar-refractivity contribution in [2.75, 3.05) is 13.7 Å². The van der Waals surface area contributed by atoms with Gasteiger partial charge in [0.1, 0.15) is 0 Å². The van der Waals surface area contributed by atoms with Crippen molar-refractivity contribution in [3.63, 3.8) is 0 Å². The van der Waals surface area contributed by atoms with Gasteiger partial charge in [-0.25, -0.2) is 4.98 Å². The lowest BCUT2D eigenvalue weighted by Crippen LogP contribution is -2.10. The third-order valence-electron chi connectivity index (χ3n) is 4.67. The number of fused-ring (bicyclic) bond motifs is 1. The molecule has 0 aliphatic rings. The van der Waals surface area contributed by atoms with Gasteiger partial charge < -0.3 is 14.3 Å². The number of ether oxygens (including phenoxy) is 1. The van der Waals surface area contributed by atoms with Crippen molar-refractivity contribution in [3.8, 4) is 11.3 Å². The summed E-state index contributed by atoms with van der Waals surface area (Å²) < 4.78 is 7.53. The average molecular weight is 339 g/mol. The van der Waals surface area contributed by atoms with Crippen LogP contribution < -0.4 is 5.56 Å². The van der Waals surface area contributed by atoms with E-state index in [1.54, 1.807) is 13.2 Å². The smallest absolute Gasteiger partial charge is 0.248 e. The second-order valence-electron chi connectivity index (χ2n) is 6.61. The lowest BCUT2D eigenvalue weighted by Gasteiger charge is -2.15. The number of hydrogen-bond acceptors (Lipinski definition) is 3. The number of rotatable bonds is 5. The monoisotopic (exact) mass is 339 g/mol. The molecule has 3 heterocycles. The molecule has 25 heavy (non-hydrogen) atoms. The summed E-state index contributed by atoms with van der Waals surface area (Å²) in [4.78, 5) is 19.5. The quantitative estimate of drug-likeness (QED) is 0.769. The van der Waals surface area contributed by atoms with Crippen molar-refractivity contribution in [1.82, 2.24) is 14.5 Å². The Kier molecular flexibility index (Phi) is 4.77. The minimum absolute atomic E-state index is 0.0740. The summed E-state index contributed by atoms with van der Waals surface area (Å²) in [5.74, 6) is 0. The molecule has 0 aliphatic heterocycles. The van der Waals surface area contributed by atoms with Gasteiger partial charge in [0.2, 0.25) is 5.56 Å². The molecule has 5 nitrogen and oxygen atoms in total. The Morgan fingerprint density at radius 3 is 2.72 bits per heavy atom. The van der Waals surface area contributed by atoms with Crippen molar-refractivity contribution < 1.29 is 4.74 Å². The van der Waals surface area contributed by atoms with E-state index >= 15 is 0 Å². The highest BCUT2D eigenvalue weighted by Gasteiger charge is 2.16. The van der Waals surface area contributed by atoms with Crippen LogP contribution in [0.25, 0.3) is 22.3 Å². The number of H-pyrrole nitrogens is 1. The van der Waals surface area contributed by atoms with Crippen LogP contribution in [0.2, 0.25) is 0 Å². The number of aryl methyl sites for hydroxylation is 3. The van der Waals surface area contributed by atoms with Crippen molar-refractivity contribution in [2.24, 2.45) is 0 Å². The maximum Gasteiger partial charge on any atom is 0.248 e. The Labute approximate surface area is 147 Å². The number of nitrogens with one attached hydrogen (secondary N) is 1. The van der Waals surface area contributed by atoms with Gasteiger partial charge in [0.05, 0.1) is 29.4 Å². The summed E-state index contributed by atoms with van der Waals surface area (Å²) in [6.07, 6.45) is 2.90. The molecule has 0 aliphatic carbocycles. The standard InChI is InChI=1S/C20H25N3O2/c1-6-16-15(7-8-18(24)21-16)19-12(2)9-17-20(22-19)13(3)10-23(17)14(4)11-25-5/h7-10,14H,6,11H2,1-5H3,(H,21,24)/t14-/m0/s1. The minimum atomic E-state index is -0.0740. The summed E-state index contributed by atoms with van der Waals surface area (Å²) in [6.45, 7) is 8.99. The first kappa shape index (κ1) is 17.4. The van der Waals surface area contributed by atoms with Crippen LogP contribution in [0.3, 0.4) is 0 Å². The number of pyridine rings is 2. The highest BCUT2D eigenvalue weighted by Crippen LogP contribution is 2.30. The lowest BCUT2D eigenvalue weighted by molar-refractivity contribution is 0.164. The van der Waals surface area contributed by atoms with Crippen LogP contribution >= 0.6 is 0 Å². The molecule has 0 saturated carbocycles. The van der Waals surface area contributed by atoms with Crippen molar-refractivity contribution in [3.05, 3.63) is 51.6 Å². The Morgan fingerprint density at radius 2 is 2.04 bits per heavy atom. The number of hydrogen-bond donors (Lipinski definition) is 1. The summed E-state index contributed by atoms with van der Waals surface area (Å²) in [6, 6.07) is 5.87. The van der Waals surface area contributed by atoms with E-state index < -0.39 is 0 Å². The molecule has 3 aromatic rings. The summed E-state index contributed by atoms with van der Waals surface area (Å²) in [5, 5.41) is 0. The lowest BCUT2D eigenvalue weighted by atomic mass is 10.0. The van der Waals surface area contributed by atoms with Gasteiger partial charge in [-0.05, 0) is 50.5 Å². The van der Waals surface area contributed by atoms with Crippen LogP contribution in [0.5, 0.6) is 0 Å². The second kappa shape index (κ2) is 6.84. The molecule has 0 amide bonds. The highest BCUT2D eigenvalue weighted by molar-refractivity contribution is 5.84. The molecule has 132 valence electrons. The molecule has 3 aromatic heterocycles. The second-order valence-corrected chi connectivity index (χ2v) is 6.61. The maximum absolute atomic E-state index is 11.6. The fourth-order valence-electron chi connectivity index (χ4n) is 3.40. The van der Waals surface area contributed by atoms with Gasteiger partial charge in [0, 0.05) is 30.6 Å². The number of nitrogens with zero attached hydrogens (tertiary/aromatic N) is 2. The third-order valence-corrected chi connectivity index (χ3v) is 4.67. The van der Waals surface area contributed by atoms with E-state index in [9.17, 15) is 4.79 Å². The summed E-state index contributed by atoms with van der Waals surface area (Å²) >= 11 is 0. The van der Waals surface area contributed by atoms with Crippen molar-refractivity contribution >= 4 is 11.0 Å². The van der Waals surface area contributed by atoms with E-state index in [2.05, 4.69) is 42.6 Å². The molecule has 0 aromatic carbocycles. The van der Waals surface area contributed by atoms with Crippen molar-refractivity contribution in [1.29, 1.82) is 0 Å². The van der Waals surface area contributed by atoms with E-state index in [0.29, 0.717) is 6.61 Å². The predicted octanol–water partition coefficient (Wildman–Crippen LogP) is 3.78. The first-order valence-electron chi connectivity index (χ1n) is 8.66. The van der Waals surface area contributed by atoms with Gasteiger partial charge >= 0.3 is 0 Å². The zero-order chi connectivity index (χ0) is 18.1. The first-order chi connectivity index (χ1) is 12.0. The van der Waals surface area contributed by atoms with E-state index in [0.717, 1.165) is 45.5 Å². The van der Waals surface area contributed by atoms with Crippen molar-refractivity contribution in [2.45, 2.75) is 40.2 Å².